The van der Waals surface area contributed by atoms with E-state index in [0.29, 0.717) is 23.3 Å². The summed E-state index contributed by atoms with van der Waals surface area (Å²) < 4.78 is 5.34. The lowest BCUT2D eigenvalue weighted by Gasteiger charge is -2.14. The number of rotatable bonds is 2. The van der Waals surface area contributed by atoms with Crippen molar-refractivity contribution in [3.05, 3.63) is 17.3 Å². The zero-order valence-corrected chi connectivity index (χ0v) is 11.1. The smallest absolute Gasteiger partial charge is 0.291 e. The molecule has 1 unspecified atom stereocenters. The molecule has 0 radical (unpaired) electrons. The Bertz CT molecular complexity index is 403. The molecule has 0 N–H and O–H groups in total. The van der Waals surface area contributed by atoms with E-state index in [2.05, 4.69) is 20.9 Å². The number of nitrogens with zero attached hydrogens (tertiary/aromatic N) is 2. The number of aryl methyl sites for hydroxylation is 2. The second-order valence-corrected chi connectivity index (χ2v) is 4.86. The van der Waals surface area contributed by atoms with Crippen LogP contribution in [-0.2, 0) is 0 Å². The van der Waals surface area contributed by atoms with Gasteiger partial charge in [0.25, 0.3) is 5.91 Å². The van der Waals surface area contributed by atoms with Crippen molar-refractivity contribution in [3.63, 3.8) is 0 Å². The van der Waals surface area contributed by atoms with Crippen molar-refractivity contribution in [1.29, 1.82) is 0 Å². The van der Waals surface area contributed by atoms with Gasteiger partial charge in [-0.05, 0) is 19.3 Å². The fourth-order valence-corrected chi connectivity index (χ4v) is 2.54. The molecule has 2 heterocycles. The monoisotopic (exact) mass is 286 g/mol. The van der Waals surface area contributed by atoms with Crippen molar-refractivity contribution < 1.29 is 9.21 Å². The van der Waals surface area contributed by atoms with Crippen LogP contribution in [0.3, 0.4) is 0 Å². The predicted molar refractivity (Wildman–Crippen MR) is 63.8 cm³/mol. The lowest BCUT2D eigenvalue weighted by Crippen LogP contribution is -2.29. The van der Waals surface area contributed by atoms with Crippen LogP contribution >= 0.6 is 15.9 Å². The number of aromatic nitrogens is 1. The normalized spacial score (nSPS) is 20.4. The average Bonchev–Trinajstić information content (AvgIpc) is 2.84. The van der Waals surface area contributed by atoms with E-state index in [1.54, 1.807) is 6.92 Å². The average molecular weight is 287 g/mol. The summed E-state index contributed by atoms with van der Waals surface area (Å²) in [5, 5.41) is 0.950. The highest BCUT2D eigenvalue weighted by atomic mass is 79.9. The van der Waals surface area contributed by atoms with Gasteiger partial charge in [-0.1, -0.05) is 15.9 Å². The van der Waals surface area contributed by atoms with Crippen LogP contribution < -0.4 is 0 Å². The van der Waals surface area contributed by atoms with Crippen LogP contribution in [-0.4, -0.2) is 34.2 Å². The number of oxazole rings is 1. The van der Waals surface area contributed by atoms with Gasteiger partial charge in [-0.2, -0.15) is 0 Å². The van der Waals surface area contributed by atoms with Gasteiger partial charge in [0.05, 0.1) is 5.69 Å². The van der Waals surface area contributed by atoms with Crippen LogP contribution in [0.15, 0.2) is 4.42 Å². The summed E-state index contributed by atoms with van der Waals surface area (Å²) in [5.41, 5.74) is 0.685. The molecule has 5 heteroatoms. The molecular weight excluding hydrogens is 272 g/mol. The second-order valence-electron chi connectivity index (χ2n) is 4.21. The van der Waals surface area contributed by atoms with Crippen molar-refractivity contribution in [1.82, 2.24) is 9.88 Å². The predicted octanol–water partition coefficient (Wildman–Crippen LogP) is 2.15. The summed E-state index contributed by atoms with van der Waals surface area (Å²) in [5.74, 6) is 1.49. The van der Waals surface area contributed by atoms with Gasteiger partial charge >= 0.3 is 0 Å². The minimum absolute atomic E-state index is 0.0263. The third-order valence-electron chi connectivity index (χ3n) is 2.89. The number of hydrogen-bond donors (Lipinski definition) is 0. The summed E-state index contributed by atoms with van der Waals surface area (Å²) in [6, 6.07) is 0. The van der Waals surface area contributed by atoms with Gasteiger partial charge in [0.1, 0.15) is 0 Å². The maximum atomic E-state index is 12.1. The molecule has 1 aromatic rings. The summed E-state index contributed by atoms with van der Waals surface area (Å²) in [7, 11) is 0. The van der Waals surface area contributed by atoms with E-state index in [1.807, 2.05) is 11.8 Å². The topological polar surface area (TPSA) is 46.3 Å². The maximum Gasteiger partial charge on any atom is 0.291 e. The molecule has 4 nitrogen and oxygen atoms in total. The highest BCUT2D eigenvalue weighted by Gasteiger charge is 2.29. The number of carbonyl (C=O) groups is 1. The Kier molecular flexibility index (Phi) is 3.33. The Morgan fingerprint density at radius 2 is 2.38 bits per heavy atom. The number of alkyl halides is 1. The molecule has 1 aliphatic rings. The minimum atomic E-state index is -0.0263. The van der Waals surface area contributed by atoms with E-state index >= 15 is 0 Å². The van der Waals surface area contributed by atoms with Crippen molar-refractivity contribution in [2.24, 2.45) is 5.92 Å². The Hall–Kier alpha value is -0.840. The number of carbonyl (C=O) groups excluding carboxylic acids is 1. The summed E-state index contributed by atoms with van der Waals surface area (Å²) in [4.78, 5) is 18.1. The number of halogens is 1. The molecule has 0 aliphatic carbocycles. The first-order valence-corrected chi connectivity index (χ1v) is 6.53. The molecule has 16 heavy (non-hydrogen) atoms. The largest absolute Gasteiger partial charge is 0.436 e. The number of hydrogen-bond acceptors (Lipinski definition) is 3. The number of amides is 1. The van der Waals surface area contributed by atoms with Crippen LogP contribution in [0.2, 0.25) is 0 Å². The molecule has 88 valence electrons. The molecular formula is C11H15BrN2O2. The van der Waals surface area contributed by atoms with E-state index in [1.165, 1.54) is 0 Å². The van der Waals surface area contributed by atoms with Crippen LogP contribution in [0, 0.1) is 19.8 Å². The van der Waals surface area contributed by atoms with Crippen molar-refractivity contribution >= 4 is 21.8 Å². The first kappa shape index (κ1) is 11.6. The Morgan fingerprint density at radius 1 is 1.62 bits per heavy atom. The molecule has 2 rings (SSSR count). The second kappa shape index (κ2) is 4.57. The van der Waals surface area contributed by atoms with Gasteiger partial charge in [-0.25, -0.2) is 4.98 Å². The Morgan fingerprint density at radius 3 is 2.88 bits per heavy atom. The minimum Gasteiger partial charge on any atom is -0.436 e. The maximum absolute atomic E-state index is 12.1. The summed E-state index contributed by atoms with van der Waals surface area (Å²) in [6.07, 6.45) is 1.06. The first-order chi connectivity index (χ1) is 7.61. The molecule has 1 aliphatic heterocycles. The van der Waals surface area contributed by atoms with Crippen LogP contribution in [0.5, 0.6) is 0 Å². The van der Waals surface area contributed by atoms with Gasteiger partial charge in [0.2, 0.25) is 5.76 Å². The summed E-state index contributed by atoms with van der Waals surface area (Å²) >= 11 is 3.45. The van der Waals surface area contributed by atoms with Crippen LogP contribution in [0.4, 0.5) is 0 Å². The zero-order chi connectivity index (χ0) is 11.7. The Balaban J connectivity index is 2.11. The van der Waals surface area contributed by atoms with E-state index in [-0.39, 0.29) is 5.91 Å². The molecule has 1 aromatic heterocycles. The van der Waals surface area contributed by atoms with Crippen molar-refractivity contribution in [2.75, 3.05) is 18.4 Å². The third kappa shape index (κ3) is 2.14. The fraction of sp³-hybridized carbons (Fsp3) is 0.636. The molecule has 0 saturated carbocycles. The lowest BCUT2D eigenvalue weighted by atomic mass is 10.2. The first-order valence-electron chi connectivity index (χ1n) is 5.41. The zero-order valence-electron chi connectivity index (χ0n) is 9.49. The third-order valence-corrected chi connectivity index (χ3v) is 3.80. The number of likely N-dealkylation sites (tertiary alicyclic amines) is 1. The molecule has 1 atom stereocenters. The fourth-order valence-electron chi connectivity index (χ4n) is 2.02. The van der Waals surface area contributed by atoms with Gasteiger partial charge in [-0.15, -0.1) is 0 Å². The van der Waals surface area contributed by atoms with E-state index < -0.39 is 0 Å². The van der Waals surface area contributed by atoms with Crippen molar-refractivity contribution in [3.8, 4) is 0 Å². The Labute approximate surface area is 103 Å². The molecule has 1 fully saturated rings. The van der Waals surface area contributed by atoms with Crippen LogP contribution in [0.1, 0.15) is 28.6 Å². The van der Waals surface area contributed by atoms with Gasteiger partial charge in [0.15, 0.2) is 5.89 Å². The summed E-state index contributed by atoms with van der Waals surface area (Å²) in [6.45, 7) is 5.19. The molecule has 1 saturated heterocycles. The highest BCUT2D eigenvalue weighted by Crippen LogP contribution is 2.21. The van der Waals surface area contributed by atoms with Gasteiger partial charge in [-0.3, -0.25) is 4.79 Å². The van der Waals surface area contributed by atoms with Gasteiger partial charge in [0, 0.05) is 25.3 Å². The standard InChI is InChI=1S/C11H15BrN2O2/c1-7-10(16-8(2)13-7)11(15)14-4-3-9(5-12)6-14/h9H,3-6H2,1-2H3. The molecule has 0 bridgehead atoms. The van der Waals surface area contributed by atoms with Crippen LogP contribution in [0.25, 0.3) is 0 Å². The molecule has 1 amide bonds. The van der Waals surface area contributed by atoms with E-state index in [0.717, 1.165) is 24.8 Å². The van der Waals surface area contributed by atoms with Crippen molar-refractivity contribution in [2.45, 2.75) is 20.3 Å². The molecule has 0 aromatic carbocycles. The van der Waals surface area contributed by atoms with E-state index in [4.69, 9.17) is 4.42 Å². The van der Waals surface area contributed by atoms with E-state index in [9.17, 15) is 4.79 Å². The lowest BCUT2D eigenvalue weighted by molar-refractivity contribution is 0.0754. The quantitative estimate of drug-likeness (QED) is 0.783. The SMILES string of the molecule is Cc1nc(C)c(C(=O)N2CCC(CBr)C2)o1. The highest BCUT2D eigenvalue weighted by molar-refractivity contribution is 9.09. The molecule has 0 spiro atoms. The van der Waals surface area contributed by atoms with Gasteiger partial charge < -0.3 is 9.32 Å².